The maximum Gasteiger partial charge on any atom is 0.251 e. The summed E-state index contributed by atoms with van der Waals surface area (Å²) in [5, 5.41) is 3.11. The highest BCUT2D eigenvalue weighted by atomic mass is 16.5. The molecule has 3 rings (SSSR count). The number of amides is 2. The third-order valence-electron chi connectivity index (χ3n) is 5.99. The number of carbonyl (C=O) groups is 2. The van der Waals surface area contributed by atoms with Crippen molar-refractivity contribution in [2.75, 3.05) is 13.7 Å². The van der Waals surface area contributed by atoms with Crippen molar-refractivity contribution in [3.63, 3.8) is 0 Å². The zero-order valence-corrected chi connectivity index (χ0v) is 20.6. The van der Waals surface area contributed by atoms with E-state index in [1.807, 2.05) is 49.4 Å². The van der Waals surface area contributed by atoms with Crippen LogP contribution in [0.1, 0.15) is 67.6 Å². The second-order valence-corrected chi connectivity index (χ2v) is 9.64. The molecule has 0 saturated carbocycles. The lowest BCUT2D eigenvalue weighted by Crippen LogP contribution is -2.50. The van der Waals surface area contributed by atoms with Crippen LogP contribution in [0.2, 0.25) is 0 Å². The van der Waals surface area contributed by atoms with Crippen molar-refractivity contribution < 1.29 is 14.3 Å². The molecule has 182 valence electrons. The van der Waals surface area contributed by atoms with E-state index in [0.29, 0.717) is 30.9 Å². The van der Waals surface area contributed by atoms with Gasteiger partial charge >= 0.3 is 0 Å². The Hall–Kier alpha value is -3.19. The van der Waals surface area contributed by atoms with E-state index in [1.54, 1.807) is 19.2 Å². The number of guanidine groups is 1. The van der Waals surface area contributed by atoms with Crippen molar-refractivity contribution in [1.82, 2.24) is 10.2 Å². The molecule has 7 nitrogen and oxygen atoms in total. The second kappa shape index (κ2) is 11.3. The number of hydrogen-bond acceptors (Lipinski definition) is 5. The Balaban J connectivity index is 1.73. The predicted molar refractivity (Wildman–Crippen MR) is 134 cm³/mol. The number of rotatable bonds is 10. The van der Waals surface area contributed by atoms with Gasteiger partial charge in [-0.3, -0.25) is 14.5 Å². The van der Waals surface area contributed by atoms with E-state index >= 15 is 0 Å². The monoisotopic (exact) mass is 464 g/mol. The molecule has 7 heteroatoms. The summed E-state index contributed by atoms with van der Waals surface area (Å²) in [5.74, 6) is 0.426. The Labute approximate surface area is 202 Å². The van der Waals surface area contributed by atoms with Crippen LogP contribution in [0.5, 0.6) is 0 Å². The van der Waals surface area contributed by atoms with Gasteiger partial charge < -0.3 is 15.8 Å². The molecule has 0 fully saturated rings. The number of benzene rings is 2. The van der Waals surface area contributed by atoms with Crippen molar-refractivity contribution in [2.45, 2.75) is 58.2 Å². The Morgan fingerprint density at radius 2 is 1.94 bits per heavy atom. The summed E-state index contributed by atoms with van der Waals surface area (Å²) in [6.45, 7) is 7.01. The maximum absolute atomic E-state index is 13.1. The number of ether oxygens (including phenoxy) is 1. The van der Waals surface area contributed by atoms with E-state index in [-0.39, 0.29) is 30.4 Å². The highest BCUT2D eigenvalue weighted by Crippen LogP contribution is 2.29. The quantitative estimate of drug-likeness (QED) is 0.554. The van der Waals surface area contributed by atoms with Gasteiger partial charge in [-0.1, -0.05) is 56.3 Å². The van der Waals surface area contributed by atoms with Crippen LogP contribution in [0.15, 0.2) is 59.6 Å². The van der Waals surface area contributed by atoms with Crippen LogP contribution in [-0.2, 0) is 16.1 Å². The Morgan fingerprint density at radius 3 is 2.59 bits per heavy atom. The van der Waals surface area contributed by atoms with Gasteiger partial charge in [0.05, 0.1) is 24.5 Å². The molecular formula is C27H36N4O3. The number of carbonyl (C=O) groups excluding carboxylic acids is 2. The topological polar surface area (TPSA) is 97.0 Å². The highest BCUT2D eigenvalue weighted by molar-refractivity contribution is 5.99. The molecule has 0 aromatic heterocycles. The van der Waals surface area contributed by atoms with Gasteiger partial charge in [-0.15, -0.1) is 0 Å². The zero-order chi connectivity index (χ0) is 24.7. The molecule has 34 heavy (non-hydrogen) atoms. The van der Waals surface area contributed by atoms with Crippen LogP contribution in [0.4, 0.5) is 0 Å². The Bertz CT molecular complexity index is 1020. The van der Waals surface area contributed by atoms with Crippen LogP contribution < -0.4 is 11.1 Å². The average molecular weight is 465 g/mol. The van der Waals surface area contributed by atoms with Crippen molar-refractivity contribution in [3.8, 4) is 0 Å². The Kier molecular flexibility index (Phi) is 8.45. The summed E-state index contributed by atoms with van der Waals surface area (Å²) < 4.78 is 5.23. The van der Waals surface area contributed by atoms with Gasteiger partial charge in [-0.05, 0) is 48.9 Å². The van der Waals surface area contributed by atoms with E-state index in [9.17, 15) is 9.59 Å². The Morgan fingerprint density at radius 1 is 1.21 bits per heavy atom. The second-order valence-electron chi connectivity index (χ2n) is 9.64. The SMILES string of the molecule is COCC[C@H](NC(=O)c1cccc(CN2C(=O)C[C@@](C)(CC(C)C)N=C2N)c1)c1ccccc1. The minimum Gasteiger partial charge on any atom is -0.385 e. The van der Waals surface area contributed by atoms with Crippen molar-refractivity contribution >= 4 is 17.8 Å². The zero-order valence-electron chi connectivity index (χ0n) is 20.6. The number of methoxy groups -OCH3 is 1. The first kappa shape index (κ1) is 25.4. The molecule has 1 aliphatic rings. The molecule has 2 aromatic carbocycles. The van der Waals surface area contributed by atoms with Gasteiger partial charge in [-0.2, -0.15) is 0 Å². The highest BCUT2D eigenvalue weighted by Gasteiger charge is 2.36. The molecule has 2 atom stereocenters. The summed E-state index contributed by atoms with van der Waals surface area (Å²) in [7, 11) is 1.65. The first-order valence-corrected chi connectivity index (χ1v) is 11.8. The molecule has 2 amide bonds. The molecule has 1 heterocycles. The summed E-state index contributed by atoms with van der Waals surface area (Å²) in [6.07, 6.45) is 1.79. The summed E-state index contributed by atoms with van der Waals surface area (Å²) >= 11 is 0. The van der Waals surface area contributed by atoms with Gasteiger partial charge in [0.15, 0.2) is 5.96 Å². The van der Waals surface area contributed by atoms with Crippen LogP contribution in [0, 0.1) is 5.92 Å². The normalized spacial score (nSPS) is 19.1. The lowest BCUT2D eigenvalue weighted by Gasteiger charge is -2.36. The lowest BCUT2D eigenvalue weighted by atomic mass is 9.87. The van der Waals surface area contributed by atoms with Crippen LogP contribution in [-0.4, -0.2) is 41.9 Å². The number of nitrogens with two attached hydrogens (primary N) is 1. The van der Waals surface area contributed by atoms with Gasteiger partial charge in [-0.25, -0.2) is 4.99 Å². The predicted octanol–water partition coefficient (Wildman–Crippen LogP) is 4.05. The largest absolute Gasteiger partial charge is 0.385 e. The number of aliphatic imine (C=N–C) groups is 1. The van der Waals surface area contributed by atoms with Crippen LogP contribution in [0.25, 0.3) is 0 Å². The van der Waals surface area contributed by atoms with Crippen LogP contribution in [0.3, 0.4) is 0 Å². The fourth-order valence-electron chi connectivity index (χ4n) is 4.57. The van der Waals surface area contributed by atoms with Crippen molar-refractivity contribution in [3.05, 3.63) is 71.3 Å². The standard InChI is InChI=1S/C27H36N4O3/c1-19(2)16-27(3)17-24(32)31(26(28)30-27)18-20-9-8-12-22(15-20)25(33)29-23(13-14-34-4)21-10-6-5-7-11-21/h5-12,15,19,23H,13-14,16-18H2,1-4H3,(H2,28,30)(H,29,33)/t23-,27+/m0/s1. The first-order valence-electron chi connectivity index (χ1n) is 11.8. The molecule has 2 aromatic rings. The molecule has 0 radical (unpaired) electrons. The maximum atomic E-state index is 13.1. The molecule has 0 bridgehead atoms. The smallest absolute Gasteiger partial charge is 0.251 e. The summed E-state index contributed by atoms with van der Waals surface area (Å²) in [5.41, 5.74) is 8.11. The molecule has 0 aliphatic carbocycles. The third-order valence-corrected chi connectivity index (χ3v) is 5.99. The van der Waals surface area contributed by atoms with E-state index < -0.39 is 5.54 Å². The molecule has 0 saturated heterocycles. The summed E-state index contributed by atoms with van der Waals surface area (Å²) in [4.78, 5) is 32.1. The van der Waals surface area contributed by atoms with E-state index in [0.717, 1.165) is 17.5 Å². The minimum atomic E-state index is -0.470. The van der Waals surface area contributed by atoms with Crippen molar-refractivity contribution in [2.24, 2.45) is 16.6 Å². The fourth-order valence-corrected chi connectivity index (χ4v) is 4.57. The van der Waals surface area contributed by atoms with E-state index in [1.165, 1.54) is 4.90 Å². The van der Waals surface area contributed by atoms with E-state index in [2.05, 4.69) is 24.2 Å². The lowest BCUT2D eigenvalue weighted by molar-refractivity contribution is -0.130. The first-order chi connectivity index (χ1) is 16.2. The van der Waals surface area contributed by atoms with Gasteiger partial charge in [0.2, 0.25) is 5.91 Å². The molecule has 1 aliphatic heterocycles. The van der Waals surface area contributed by atoms with Crippen LogP contribution >= 0.6 is 0 Å². The summed E-state index contributed by atoms with van der Waals surface area (Å²) in [6, 6.07) is 17.0. The van der Waals surface area contributed by atoms with Crippen molar-refractivity contribution in [1.29, 1.82) is 0 Å². The molecule has 0 unspecified atom stereocenters. The van der Waals surface area contributed by atoms with Gasteiger partial charge in [0.1, 0.15) is 0 Å². The number of hydrogen-bond donors (Lipinski definition) is 2. The van der Waals surface area contributed by atoms with E-state index in [4.69, 9.17) is 10.5 Å². The van der Waals surface area contributed by atoms with Gasteiger partial charge in [0.25, 0.3) is 5.91 Å². The van der Waals surface area contributed by atoms with Gasteiger partial charge in [0, 0.05) is 19.3 Å². The number of nitrogens with one attached hydrogen (secondary N) is 1. The molecule has 0 spiro atoms. The minimum absolute atomic E-state index is 0.0470. The third kappa shape index (κ3) is 6.67. The molecule has 3 N–H and O–H groups in total. The fraction of sp³-hybridized carbons (Fsp3) is 0.444. The number of nitrogens with zero attached hydrogens (tertiary/aromatic N) is 2. The molecular weight excluding hydrogens is 428 g/mol. The average Bonchev–Trinajstić information content (AvgIpc) is 2.79.